The predicted molar refractivity (Wildman–Crippen MR) is 157 cm³/mol. The smallest absolute Gasteiger partial charge is 0.429 e. The van der Waals surface area contributed by atoms with Gasteiger partial charge in [-0.2, -0.15) is 22.0 Å². The van der Waals surface area contributed by atoms with Crippen molar-refractivity contribution in [2.24, 2.45) is 0 Å². The third-order valence-electron chi connectivity index (χ3n) is 7.42. The van der Waals surface area contributed by atoms with E-state index in [0.717, 1.165) is 55.5 Å². The van der Waals surface area contributed by atoms with Gasteiger partial charge in [0.05, 0.1) is 5.56 Å². The summed E-state index contributed by atoms with van der Waals surface area (Å²) in [5, 5.41) is 0. The van der Waals surface area contributed by atoms with Crippen molar-refractivity contribution in [2.75, 3.05) is 0 Å². The van der Waals surface area contributed by atoms with Gasteiger partial charge in [-0.3, -0.25) is 0 Å². The molecule has 0 aliphatic carbocycles. The van der Waals surface area contributed by atoms with Crippen molar-refractivity contribution in [1.29, 1.82) is 0 Å². The number of aryl methyl sites for hydroxylation is 1. The molecule has 0 saturated carbocycles. The van der Waals surface area contributed by atoms with Crippen molar-refractivity contribution in [2.45, 2.75) is 44.9 Å². The van der Waals surface area contributed by atoms with Gasteiger partial charge in [-0.05, 0) is 72.0 Å². The van der Waals surface area contributed by atoms with E-state index in [2.05, 4.69) is 21.6 Å². The number of aromatic nitrogens is 2. The molecule has 5 rings (SSSR count). The van der Waals surface area contributed by atoms with Gasteiger partial charge in [-0.15, -0.1) is 0 Å². The first-order chi connectivity index (χ1) is 22.7. The van der Waals surface area contributed by atoms with E-state index in [4.69, 9.17) is 0 Å². The van der Waals surface area contributed by atoms with Crippen LogP contribution in [0.2, 0.25) is 0 Å². The summed E-state index contributed by atoms with van der Waals surface area (Å²) < 4.78 is 147. The van der Waals surface area contributed by atoms with Crippen LogP contribution in [0.4, 0.5) is 43.9 Å². The molecule has 0 aliphatic heterocycles. The van der Waals surface area contributed by atoms with Crippen LogP contribution in [0.15, 0.2) is 79.1 Å². The first-order valence-corrected chi connectivity index (χ1v) is 14.5. The molecule has 0 N–H and O–H groups in total. The Morgan fingerprint density at radius 3 is 1.75 bits per heavy atom. The lowest BCUT2D eigenvalue weighted by Crippen LogP contribution is -2.25. The van der Waals surface area contributed by atoms with Gasteiger partial charge in [0.25, 0.3) is 0 Å². The van der Waals surface area contributed by atoms with Crippen molar-refractivity contribution in [3.63, 3.8) is 0 Å². The summed E-state index contributed by atoms with van der Waals surface area (Å²) in [7, 11) is 0. The van der Waals surface area contributed by atoms with Crippen LogP contribution in [-0.2, 0) is 18.7 Å². The maximum atomic E-state index is 15.1. The minimum absolute atomic E-state index is 0.209. The van der Waals surface area contributed by atoms with E-state index in [1.165, 1.54) is 12.1 Å². The zero-order valence-corrected chi connectivity index (χ0v) is 24.9. The fraction of sp³-hybridized carbons (Fsp3) is 0.200. The van der Waals surface area contributed by atoms with Crippen LogP contribution >= 0.6 is 0 Å². The normalized spacial score (nSPS) is 12.0. The van der Waals surface area contributed by atoms with Gasteiger partial charge >= 0.3 is 12.3 Å². The number of rotatable bonds is 10. The molecule has 3 nitrogen and oxygen atoms in total. The molecule has 0 atom stereocenters. The molecule has 1 heterocycles. The topological polar surface area (TPSA) is 35.0 Å². The van der Waals surface area contributed by atoms with E-state index >= 15 is 22.0 Å². The lowest BCUT2D eigenvalue weighted by molar-refractivity contribution is -0.189. The van der Waals surface area contributed by atoms with E-state index in [-0.39, 0.29) is 22.5 Å². The Labute approximate surface area is 267 Å². The number of hydrogen-bond acceptors (Lipinski definition) is 3. The van der Waals surface area contributed by atoms with Crippen LogP contribution < -0.4 is 4.74 Å². The fourth-order valence-corrected chi connectivity index (χ4v) is 5.01. The third kappa shape index (κ3) is 7.45. The zero-order chi connectivity index (χ0) is 34.8. The minimum atomic E-state index is -5.00. The van der Waals surface area contributed by atoms with Crippen LogP contribution in [-0.4, -0.2) is 9.97 Å². The second kappa shape index (κ2) is 13.7. The largest absolute Gasteiger partial charge is 0.432 e. The molecular formula is C35H24F10N2O. The number of unbranched alkanes of at least 4 members (excludes halogenated alkanes) is 2. The monoisotopic (exact) mass is 678 g/mol. The molecule has 0 spiro atoms. The molecular weight excluding hydrogens is 654 g/mol. The molecule has 13 heteroatoms. The van der Waals surface area contributed by atoms with Gasteiger partial charge in [0.1, 0.15) is 40.4 Å². The van der Waals surface area contributed by atoms with E-state index in [1.807, 2.05) is 0 Å². The molecule has 48 heavy (non-hydrogen) atoms. The van der Waals surface area contributed by atoms with Crippen LogP contribution in [0.3, 0.4) is 0 Å². The van der Waals surface area contributed by atoms with Gasteiger partial charge in [-0.1, -0.05) is 38.0 Å². The SMILES string of the molecule is CCCCCc1cnc(-c2ccc(-c3cc(F)c(C(F)(F)Oc4ccc(-c5ccc(C(F)(F)F)c(F)c5)c(F)c4)c(F)c3)c(F)c2)nc1. The number of halogens is 10. The molecule has 4 aromatic carbocycles. The van der Waals surface area contributed by atoms with Crippen molar-refractivity contribution in [1.82, 2.24) is 9.97 Å². The van der Waals surface area contributed by atoms with Crippen molar-refractivity contribution in [3.05, 3.63) is 125 Å². The summed E-state index contributed by atoms with van der Waals surface area (Å²) >= 11 is 0. The van der Waals surface area contributed by atoms with Crippen LogP contribution in [0.1, 0.15) is 42.9 Å². The summed E-state index contributed by atoms with van der Waals surface area (Å²) in [4.78, 5) is 8.48. The lowest BCUT2D eigenvalue weighted by Gasteiger charge is -2.20. The average Bonchev–Trinajstić information content (AvgIpc) is 3.00. The van der Waals surface area contributed by atoms with Gasteiger partial charge in [-0.25, -0.2) is 31.9 Å². The molecule has 250 valence electrons. The predicted octanol–water partition coefficient (Wildman–Crippen LogP) is 11.1. The summed E-state index contributed by atoms with van der Waals surface area (Å²) in [6.45, 7) is 2.08. The standard InChI is InChI=1S/C35H24F10N2O/c1-2-3-4-5-19-17-46-33(47-18-19)21-6-9-25(27(36)13-21)22-14-30(39)32(31(40)15-22)35(44,45)48-23-8-10-24(28(37)16-23)20-7-11-26(29(38)12-20)34(41,42)43/h6-18H,2-5H2,1H3. The minimum Gasteiger partial charge on any atom is -0.429 e. The molecule has 0 aliphatic rings. The average molecular weight is 679 g/mol. The fourth-order valence-electron chi connectivity index (χ4n) is 5.01. The van der Waals surface area contributed by atoms with E-state index in [0.29, 0.717) is 30.3 Å². The Morgan fingerprint density at radius 2 is 1.17 bits per heavy atom. The van der Waals surface area contributed by atoms with Crippen LogP contribution in [0, 0.1) is 29.1 Å². The first-order valence-electron chi connectivity index (χ1n) is 14.5. The quantitative estimate of drug-likeness (QED) is 0.109. The Kier molecular flexibility index (Phi) is 9.79. The van der Waals surface area contributed by atoms with Gasteiger partial charge in [0, 0.05) is 35.2 Å². The number of hydrogen-bond donors (Lipinski definition) is 0. The molecule has 0 saturated heterocycles. The highest BCUT2D eigenvalue weighted by Gasteiger charge is 2.41. The summed E-state index contributed by atoms with van der Waals surface area (Å²) in [5.41, 5.74) is -3.75. The summed E-state index contributed by atoms with van der Waals surface area (Å²) in [6.07, 6.45) is -2.59. The zero-order valence-electron chi connectivity index (χ0n) is 24.9. The molecule has 0 radical (unpaired) electrons. The third-order valence-corrected chi connectivity index (χ3v) is 7.42. The molecule has 0 fully saturated rings. The van der Waals surface area contributed by atoms with Gasteiger partial charge in [0.2, 0.25) is 0 Å². The van der Waals surface area contributed by atoms with E-state index in [1.54, 1.807) is 12.4 Å². The Balaban J connectivity index is 1.35. The number of benzene rings is 4. The molecule has 0 amide bonds. The highest BCUT2D eigenvalue weighted by Crippen LogP contribution is 2.39. The number of alkyl halides is 5. The van der Waals surface area contributed by atoms with Crippen LogP contribution in [0.25, 0.3) is 33.6 Å². The summed E-state index contributed by atoms with van der Waals surface area (Å²) in [5.74, 6) is -8.20. The van der Waals surface area contributed by atoms with Gasteiger partial charge < -0.3 is 4.74 Å². The number of ether oxygens (including phenoxy) is 1. The maximum absolute atomic E-state index is 15.1. The Morgan fingerprint density at radius 1 is 0.604 bits per heavy atom. The highest BCUT2D eigenvalue weighted by molar-refractivity contribution is 5.69. The Bertz CT molecular complexity index is 1920. The molecule has 0 bridgehead atoms. The Hall–Kier alpha value is -4.94. The van der Waals surface area contributed by atoms with Crippen molar-refractivity contribution in [3.8, 4) is 39.4 Å². The lowest BCUT2D eigenvalue weighted by atomic mass is 10.00. The van der Waals surface area contributed by atoms with Gasteiger partial charge in [0.15, 0.2) is 5.82 Å². The van der Waals surface area contributed by atoms with E-state index in [9.17, 15) is 22.0 Å². The van der Waals surface area contributed by atoms with Crippen molar-refractivity contribution < 1.29 is 48.6 Å². The molecule has 5 aromatic rings. The number of nitrogens with zero attached hydrogens (tertiary/aromatic N) is 2. The highest BCUT2D eigenvalue weighted by atomic mass is 19.4. The second-order valence-electron chi connectivity index (χ2n) is 10.8. The van der Waals surface area contributed by atoms with E-state index < -0.39 is 69.4 Å². The second-order valence-corrected chi connectivity index (χ2v) is 10.8. The summed E-state index contributed by atoms with van der Waals surface area (Å²) in [6, 6.07) is 8.16. The van der Waals surface area contributed by atoms with Crippen LogP contribution in [0.5, 0.6) is 5.75 Å². The molecule has 0 unspecified atom stereocenters. The molecule has 1 aromatic heterocycles. The maximum Gasteiger partial charge on any atom is 0.432 e. The first kappa shape index (κ1) is 34.4. The van der Waals surface area contributed by atoms with Crippen molar-refractivity contribution >= 4 is 0 Å².